The molecule has 0 aliphatic rings. The Morgan fingerprint density at radius 1 is 1.40 bits per heavy atom. The maximum atomic E-state index is 5.79. The SMILES string of the molecule is CCC(CC)(CN)c1nc(COC)no1. The van der Waals surface area contributed by atoms with Gasteiger partial charge in [0.05, 0.1) is 5.41 Å². The fourth-order valence-corrected chi connectivity index (χ4v) is 1.59. The van der Waals surface area contributed by atoms with Gasteiger partial charge in [-0.3, -0.25) is 0 Å². The highest BCUT2D eigenvalue weighted by atomic mass is 16.5. The van der Waals surface area contributed by atoms with Crippen molar-refractivity contribution in [3.05, 3.63) is 11.7 Å². The van der Waals surface area contributed by atoms with Crippen LogP contribution in [0.5, 0.6) is 0 Å². The zero-order valence-corrected chi connectivity index (χ0v) is 9.62. The van der Waals surface area contributed by atoms with E-state index in [0.29, 0.717) is 24.9 Å². The van der Waals surface area contributed by atoms with Crippen molar-refractivity contribution in [2.75, 3.05) is 13.7 Å². The van der Waals surface area contributed by atoms with Crippen molar-refractivity contribution in [2.45, 2.75) is 38.7 Å². The van der Waals surface area contributed by atoms with Crippen LogP contribution in [0.4, 0.5) is 0 Å². The third-order valence-corrected chi connectivity index (χ3v) is 2.94. The van der Waals surface area contributed by atoms with E-state index >= 15 is 0 Å². The number of nitrogens with two attached hydrogens (primary N) is 1. The predicted octanol–water partition coefficient (Wildman–Crippen LogP) is 1.23. The van der Waals surface area contributed by atoms with Gasteiger partial charge in [-0.1, -0.05) is 19.0 Å². The molecule has 2 N–H and O–H groups in total. The number of hydrogen-bond donors (Lipinski definition) is 1. The van der Waals surface area contributed by atoms with Gasteiger partial charge >= 0.3 is 0 Å². The number of nitrogens with zero attached hydrogens (tertiary/aromatic N) is 2. The van der Waals surface area contributed by atoms with Crippen LogP contribution in [0.15, 0.2) is 4.52 Å². The first kappa shape index (κ1) is 12.1. The van der Waals surface area contributed by atoms with Crippen molar-refractivity contribution in [2.24, 2.45) is 5.73 Å². The summed E-state index contributed by atoms with van der Waals surface area (Å²) in [4.78, 5) is 4.30. The van der Waals surface area contributed by atoms with Crippen LogP contribution in [0.2, 0.25) is 0 Å². The highest BCUT2D eigenvalue weighted by molar-refractivity contribution is 5.05. The molecular weight excluding hydrogens is 194 g/mol. The van der Waals surface area contributed by atoms with Crippen molar-refractivity contribution in [1.82, 2.24) is 10.1 Å². The normalized spacial score (nSPS) is 12.0. The summed E-state index contributed by atoms with van der Waals surface area (Å²) in [5.74, 6) is 1.20. The monoisotopic (exact) mass is 213 g/mol. The molecule has 5 nitrogen and oxygen atoms in total. The summed E-state index contributed by atoms with van der Waals surface area (Å²) in [6, 6.07) is 0. The summed E-state index contributed by atoms with van der Waals surface area (Å²) in [5, 5.41) is 3.85. The Morgan fingerprint density at radius 2 is 2.07 bits per heavy atom. The van der Waals surface area contributed by atoms with Gasteiger partial charge in [0.15, 0.2) is 5.82 Å². The number of hydrogen-bond acceptors (Lipinski definition) is 5. The number of methoxy groups -OCH3 is 1. The van der Waals surface area contributed by atoms with Crippen molar-refractivity contribution in [3.8, 4) is 0 Å². The lowest BCUT2D eigenvalue weighted by molar-refractivity contribution is 0.174. The summed E-state index contributed by atoms with van der Waals surface area (Å²) in [6.07, 6.45) is 1.79. The lowest BCUT2D eigenvalue weighted by Crippen LogP contribution is -2.34. The molecular formula is C10H19N3O2. The summed E-state index contributed by atoms with van der Waals surface area (Å²) in [7, 11) is 1.60. The van der Waals surface area contributed by atoms with Gasteiger partial charge in [0.1, 0.15) is 6.61 Å². The van der Waals surface area contributed by atoms with Crippen molar-refractivity contribution in [1.29, 1.82) is 0 Å². The van der Waals surface area contributed by atoms with Gasteiger partial charge in [0.2, 0.25) is 5.89 Å². The van der Waals surface area contributed by atoms with Crippen LogP contribution in [0.3, 0.4) is 0 Å². The molecule has 0 aromatic carbocycles. The maximum Gasteiger partial charge on any atom is 0.234 e. The van der Waals surface area contributed by atoms with Gasteiger partial charge in [0, 0.05) is 13.7 Å². The summed E-state index contributed by atoms with van der Waals surface area (Å²) in [6.45, 7) is 5.05. The first-order valence-corrected chi connectivity index (χ1v) is 5.24. The molecule has 5 heteroatoms. The predicted molar refractivity (Wildman–Crippen MR) is 56.3 cm³/mol. The largest absolute Gasteiger partial charge is 0.377 e. The van der Waals surface area contributed by atoms with E-state index < -0.39 is 0 Å². The molecule has 0 fully saturated rings. The van der Waals surface area contributed by atoms with Gasteiger partial charge in [0.25, 0.3) is 0 Å². The van der Waals surface area contributed by atoms with Crippen LogP contribution in [-0.2, 0) is 16.8 Å². The maximum absolute atomic E-state index is 5.79. The van der Waals surface area contributed by atoms with Crippen LogP contribution < -0.4 is 5.73 Å². The molecule has 0 aliphatic carbocycles. The average Bonchev–Trinajstić information content (AvgIpc) is 2.71. The molecule has 0 atom stereocenters. The van der Waals surface area contributed by atoms with Gasteiger partial charge in [-0.25, -0.2) is 0 Å². The Hall–Kier alpha value is -0.940. The molecule has 1 aromatic heterocycles. The van der Waals surface area contributed by atoms with Gasteiger partial charge in [-0.05, 0) is 12.8 Å². The zero-order chi connectivity index (χ0) is 11.3. The third-order valence-electron chi connectivity index (χ3n) is 2.94. The minimum Gasteiger partial charge on any atom is -0.377 e. The van der Waals surface area contributed by atoms with E-state index in [-0.39, 0.29) is 5.41 Å². The Bertz CT molecular complexity index is 286. The molecule has 86 valence electrons. The Labute approximate surface area is 90.0 Å². The quantitative estimate of drug-likeness (QED) is 0.769. The number of ether oxygens (including phenoxy) is 1. The lowest BCUT2D eigenvalue weighted by atomic mass is 9.82. The minimum absolute atomic E-state index is 0.182. The fraction of sp³-hybridized carbons (Fsp3) is 0.800. The lowest BCUT2D eigenvalue weighted by Gasteiger charge is -2.24. The average molecular weight is 213 g/mol. The van der Waals surface area contributed by atoms with E-state index in [1.165, 1.54) is 0 Å². The van der Waals surface area contributed by atoms with E-state index in [0.717, 1.165) is 12.8 Å². The first-order valence-electron chi connectivity index (χ1n) is 5.24. The molecule has 0 unspecified atom stereocenters. The topological polar surface area (TPSA) is 74.2 Å². The minimum atomic E-state index is -0.182. The van der Waals surface area contributed by atoms with E-state index in [1.54, 1.807) is 7.11 Å². The second kappa shape index (κ2) is 5.23. The zero-order valence-electron chi connectivity index (χ0n) is 9.62. The van der Waals surface area contributed by atoms with Gasteiger partial charge in [-0.15, -0.1) is 0 Å². The summed E-state index contributed by atoms with van der Waals surface area (Å²) in [5.41, 5.74) is 5.60. The molecule has 0 aliphatic heterocycles. The molecule has 15 heavy (non-hydrogen) atoms. The van der Waals surface area contributed by atoms with Crippen LogP contribution >= 0.6 is 0 Å². The molecule has 1 rings (SSSR count). The van der Waals surface area contributed by atoms with E-state index in [9.17, 15) is 0 Å². The number of rotatable bonds is 6. The molecule has 0 saturated heterocycles. The van der Waals surface area contributed by atoms with Crippen LogP contribution in [-0.4, -0.2) is 23.8 Å². The number of aromatic nitrogens is 2. The second-order valence-corrected chi connectivity index (χ2v) is 3.64. The molecule has 0 amide bonds. The second-order valence-electron chi connectivity index (χ2n) is 3.64. The highest BCUT2D eigenvalue weighted by Gasteiger charge is 2.33. The molecule has 0 spiro atoms. The first-order chi connectivity index (χ1) is 7.22. The van der Waals surface area contributed by atoms with Gasteiger partial charge in [-0.2, -0.15) is 4.98 Å². The summed E-state index contributed by atoms with van der Waals surface area (Å²) >= 11 is 0. The smallest absolute Gasteiger partial charge is 0.234 e. The van der Waals surface area contributed by atoms with Crippen molar-refractivity contribution < 1.29 is 9.26 Å². The van der Waals surface area contributed by atoms with E-state index in [4.69, 9.17) is 15.0 Å². The molecule has 1 heterocycles. The van der Waals surface area contributed by atoms with Crippen LogP contribution in [0.1, 0.15) is 38.4 Å². The molecule has 1 aromatic rings. The van der Waals surface area contributed by atoms with E-state index in [1.807, 2.05) is 0 Å². The van der Waals surface area contributed by atoms with E-state index in [2.05, 4.69) is 24.0 Å². The highest BCUT2D eigenvalue weighted by Crippen LogP contribution is 2.28. The Kier molecular flexibility index (Phi) is 4.23. The Balaban J connectivity index is 2.91. The van der Waals surface area contributed by atoms with Gasteiger partial charge < -0.3 is 15.0 Å². The van der Waals surface area contributed by atoms with Crippen LogP contribution in [0.25, 0.3) is 0 Å². The molecule has 0 radical (unpaired) electrons. The summed E-state index contributed by atoms with van der Waals surface area (Å²) < 4.78 is 10.2. The van der Waals surface area contributed by atoms with Crippen molar-refractivity contribution >= 4 is 0 Å². The Morgan fingerprint density at radius 3 is 2.53 bits per heavy atom. The molecule has 0 saturated carbocycles. The van der Waals surface area contributed by atoms with Crippen molar-refractivity contribution in [3.63, 3.8) is 0 Å². The fourth-order valence-electron chi connectivity index (χ4n) is 1.59. The molecule has 0 bridgehead atoms. The standard InChI is InChI=1S/C10H19N3O2/c1-4-10(5-2,7-11)9-12-8(6-14-3)13-15-9/h4-7,11H2,1-3H3. The third kappa shape index (κ3) is 2.35. The van der Waals surface area contributed by atoms with Crippen LogP contribution in [0, 0.1) is 0 Å².